The lowest BCUT2D eigenvalue weighted by atomic mass is 10.1. The quantitative estimate of drug-likeness (QED) is 0.817. The number of rotatable bonds is 6. The van der Waals surface area contributed by atoms with Crippen LogP contribution in [0.3, 0.4) is 0 Å². The van der Waals surface area contributed by atoms with Crippen LogP contribution in [0.2, 0.25) is 0 Å². The Kier molecular flexibility index (Phi) is 5.04. The van der Waals surface area contributed by atoms with Gasteiger partial charge in [0.2, 0.25) is 0 Å². The van der Waals surface area contributed by atoms with Gasteiger partial charge in [-0.15, -0.1) is 0 Å². The predicted octanol–water partition coefficient (Wildman–Crippen LogP) is 3.31. The largest absolute Gasteiger partial charge is 0.489 e. The molecular formula is C16H16O2S. The van der Waals surface area contributed by atoms with E-state index in [2.05, 4.69) is 12.6 Å². The molecule has 0 amide bonds. The third-order valence-electron chi connectivity index (χ3n) is 2.75. The maximum absolute atomic E-state index is 11.3. The highest BCUT2D eigenvalue weighted by atomic mass is 32.1. The molecule has 0 heterocycles. The lowest BCUT2D eigenvalue weighted by molar-refractivity contribution is -0.115. The molecule has 98 valence electrons. The first-order valence-electron chi connectivity index (χ1n) is 6.16. The van der Waals surface area contributed by atoms with E-state index in [0.717, 1.165) is 16.9 Å². The summed E-state index contributed by atoms with van der Waals surface area (Å²) in [5.74, 6) is 1.22. The zero-order valence-corrected chi connectivity index (χ0v) is 11.5. The van der Waals surface area contributed by atoms with Gasteiger partial charge in [-0.25, -0.2) is 0 Å². The van der Waals surface area contributed by atoms with Crippen LogP contribution in [0.15, 0.2) is 54.6 Å². The molecule has 0 radical (unpaired) electrons. The van der Waals surface area contributed by atoms with E-state index in [1.165, 1.54) is 0 Å². The first-order chi connectivity index (χ1) is 9.28. The highest BCUT2D eigenvalue weighted by molar-refractivity contribution is 7.81. The number of ether oxygens (including phenoxy) is 1. The highest BCUT2D eigenvalue weighted by Gasteiger charge is 2.02. The number of carbonyl (C=O) groups is 1. The fourth-order valence-electron chi connectivity index (χ4n) is 1.73. The minimum absolute atomic E-state index is 0.126. The summed E-state index contributed by atoms with van der Waals surface area (Å²) < 4.78 is 5.68. The van der Waals surface area contributed by atoms with Crippen molar-refractivity contribution in [1.29, 1.82) is 0 Å². The molecule has 0 spiro atoms. The molecule has 0 fully saturated rings. The number of benzene rings is 2. The van der Waals surface area contributed by atoms with E-state index in [1.54, 1.807) is 0 Å². The average molecular weight is 272 g/mol. The molecule has 0 aliphatic carbocycles. The summed E-state index contributed by atoms with van der Waals surface area (Å²) in [6, 6.07) is 17.6. The normalized spacial score (nSPS) is 10.2. The lowest BCUT2D eigenvalue weighted by Gasteiger charge is -2.07. The van der Waals surface area contributed by atoms with Crippen molar-refractivity contribution in [2.75, 3.05) is 5.75 Å². The molecule has 0 aliphatic rings. The average Bonchev–Trinajstić information content (AvgIpc) is 2.47. The number of carbonyl (C=O) groups excluding carboxylic acids is 1. The SMILES string of the molecule is O=C(CS)Cc1ccc(OCc2ccccc2)cc1. The topological polar surface area (TPSA) is 26.3 Å². The second-order valence-corrected chi connectivity index (χ2v) is 4.61. The summed E-state index contributed by atoms with van der Waals surface area (Å²) >= 11 is 3.97. The number of Topliss-reactive ketones (excluding diaryl/α,β-unsaturated/α-hetero) is 1. The van der Waals surface area contributed by atoms with Gasteiger partial charge in [0, 0.05) is 12.2 Å². The fourth-order valence-corrected chi connectivity index (χ4v) is 1.84. The Morgan fingerprint density at radius 3 is 2.26 bits per heavy atom. The fraction of sp³-hybridized carbons (Fsp3) is 0.188. The highest BCUT2D eigenvalue weighted by Crippen LogP contribution is 2.14. The molecular weight excluding hydrogens is 256 g/mol. The molecule has 2 aromatic carbocycles. The van der Waals surface area contributed by atoms with E-state index in [-0.39, 0.29) is 11.5 Å². The number of thiol groups is 1. The Hall–Kier alpha value is -1.74. The third-order valence-corrected chi connectivity index (χ3v) is 3.10. The summed E-state index contributed by atoms with van der Waals surface area (Å²) in [6.07, 6.45) is 0.433. The molecule has 0 saturated carbocycles. The maximum atomic E-state index is 11.3. The predicted molar refractivity (Wildman–Crippen MR) is 79.8 cm³/mol. The van der Waals surface area contributed by atoms with Crippen molar-refractivity contribution < 1.29 is 9.53 Å². The zero-order valence-electron chi connectivity index (χ0n) is 10.6. The first-order valence-corrected chi connectivity index (χ1v) is 6.79. The van der Waals surface area contributed by atoms with Gasteiger partial charge in [0.05, 0.1) is 0 Å². The van der Waals surface area contributed by atoms with Crippen LogP contribution >= 0.6 is 12.6 Å². The molecule has 0 saturated heterocycles. The summed E-state index contributed by atoms with van der Waals surface area (Å²) in [5.41, 5.74) is 2.13. The Morgan fingerprint density at radius 1 is 0.947 bits per heavy atom. The molecule has 2 aromatic rings. The Balaban J connectivity index is 1.90. The lowest BCUT2D eigenvalue weighted by Crippen LogP contribution is -2.03. The van der Waals surface area contributed by atoms with Crippen LogP contribution in [0.1, 0.15) is 11.1 Å². The second-order valence-electron chi connectivity index (χ2n) is 4.29. The molecule has 0 aromatic heterocycles. The van der Waals surface area contributed by atoms with Gasteiger partial charge in [0.1, 0.15) is 18.1 Å². The molecule has 3 heteroatoms. The molecule has 0 unspecified atom stereocenters. The van der Waals surface area contributed by atoms with Gasteiger partial charge in [-0.05, 0) is 23.3 Å². The van der Waals surface area contributed by atoms with Crippen LogP contribution in [0.4, 0.5) is 0 Å². The van der Waals surface area contributed by atoms with Gasteiger partial charge in [-0.1, -0.05) is 42.5 Å². The van der Waals surface area contributed by atoms with E-state index >= 15 is 0 Å². The van der Waals surface area contributed by atoms with Crippen molar-refractivity contribution in [3.63, 3.8) is 0 Å². The van der Waals surface area contributed by atoms with E-state index in [9.17, 15) is 4.79 Å². The zero-order chi connectivity index (χ0) is 13.5. The second kappa shape index (κ2) is 7.00. The van der Waals surface area contributed by atoms with Crippen LogP contribution in [0, 0.1) is 0 Å². The monoisotopic (exact) mass is 272 g/mol. The van der Waals surface area contributed by atoms with Crippen LogP contribution in [-0.4, -0.2) is 11.5 Å². The van der Waals surface area contributed by atoms with Gasteiger partial charge >= 0.3 is 0 Å². The van der Waals surface area contributed by atoms with Crippen LogP contribution in [0.25, 0.3) is 0 Å². The summed E-state index contributed by atoms with van der Waals surface area (Å²) in [6.45, 7) is 0.551. The number of hydrogen-bond donors (Lipinski definition) is 1. The van der Waals surface area contributed by atoms with E-state index < -0.39 is 0 Å². The van der Waals surface area contributed by atoms with Gasteiger partial charge in [0.25, 0.3) is 0 Å². The van der Waals surface area contributed by atoms with Gasteiger partial charge in [-0.2, -0.15) is 12.6 Å². The van der Waals surface area contributed by atoms with Crippen LogP contribution in [-0.2, 0) is 17.8 Å². The molecule has 2 rings (SSSR count). The Labute approximate surface area is 118 Å². The Morgan fingerprint density at radius 2 is 1.63 bits per heavy atom. The molecule has 0 N–H and O–H groups in total. The molecule has 19 heavy (non-hydrogen) atoms. The van der Waals surface area contributed by atoms with Crippen LogP contribution in [0.5, 0.6) is 5.75 Å². The van der Waals surface area contributed by atoms with Crippen molar-refractivity contribution in [2.45, 2.75) is 13.0 Å². The molecule has 0 atom stereocenters. The van der Waals surface area contributed by atoms with Gasteiger partial charge in [0.15, 0.2) is 0 Å². The minimum Gasteiger partial charge on any atom is -0.489 e. The number of ketones is 1. The standard InChI is InChI=1S/C16H16O2S/c17-15(12-19)10-13-6-8-16(9-7-13)18-11-14-4-2-1-3-5-14/h1-9,19H,10-12H2. The third kappa shape index (κ3) is 4.45. The van der Waals surface area contributed by atoms with Gasteiger partial charge in [-0.3, -0.25) is 4.79 Å². The smallest absolute Gasteiger partial charge is 0.146 e. The van der Waals surface area contributed by atoms with Crippen molar-refractivity contribution >= 4 is 18.4 Å². The Bertz CT molecular complexity index is 520. The van der Waals surface area contributed by atoms with Crippen molar-refractivity contribution in [2.24, 2.45) is 0 Å². The minimum atomic E-state index is 0.126. The molecule has 0 bridgehead atoms. The first kappa shape index (κ1) is 13.7. The van der Waals surface area contributed by atoms with E-state index in [1.807, 2.05) is 54.6 Å². The van der Waals surface area contributed by atoms with Crippen LogP contribution < -0.4 is 4.74 Å². The van der Waals surface area contributed by atoms with E-state index in [4.69, 9.17) is 4.74 Å². The summed E-state index contributed by atoms with van der Waals surface area (Å²) in [4.78, 5) is 11.3. The van der Waals surface area contributed by atoms with Gasteiger partial charge < -0.3 is 4.74 Å². The summed E-state index contributed by atoms with van der Waals surface area (Å²) in [7, 11) is 0. The van der Waals surface area contributed by atoms with Crippen molar-refractivity contribution in [3.8, 4) is 5.75 Å². The number of hydrogen-bond acceptors (Lipinski definition) is 3. The van der Waals surface area contributed by atoms with Crippen molar-refractivity contribution in [3.05, 3.63) is 65.7 Å². The maximum Gasteiger partial charge on any atom is 0.146 e. The van der Waals surface area contributed by atoms with Crippen molar-refractivity contribution in [1.82, 2.24) is 0 Å². The summed E-state index contributed by atoms with van der Waals surface area (Å²) in [5, 5.41) is 0. The molecule has 0 aliphatic heterocycles. The molecule has 2 nitrogen and oxygen atoms in total. The van der Waals surface area contributed by atoms with E-state index in [0.29, 0.717) is 13.0 Å².